The van der Waals surface area contributed by atoms with Gasteiger partial charge in [0.2, 0.25) is 0 Å². The van der Waals surface area contributed by atoms with Crippen LogP contribution in [0.4, 0.5) is 22.0 Å². The third-order valence-corrected chi connectivity index (χ3v) is 2.59. The van der Waals surface area contributed by atoms with Crippen LogP contribution in [0.5, 0.6) is 0 Å². The molecule has 3 nitrogen and oxygen atoms in total. The lowest BCUT2D eigenvalue weighted by Crippen LogP contribution is -2.18. The van der Waals surface area contributed by atoms with Gasteiger partial charge in [-0.3, -0.25) is 0 Å². The molecule has 1 rings (SSSR count). The number of rotatable bonds is 2. The molecule has 0 atom stereocenters. The maximum absolute atomic E-state index is 12.6. The minimum Gasteiger partial charge on any atom is -0.476 e. The van der Waals surface area contributed by atoms with Crippen molar-refractivity contribution in [2.24, 2.45) is 0 Å². The standard InChI is InChI=1S/C8H3F5INO2/c9-6(10)3-4(8(11,12)13)2(14)1-15-5(3)7(16)17/h1,6H,(H,16,17). The van der Waals surface area contributed by atoms with Gasteiger partial charge in [-0.15, -0.1) is 0 Å². The Morgan fingerprint density at radius 2 is 1.94 bits per heavy atom. The predicted molar refractivity (Wildman–Crippen MR) is 53.9 cm³/mol. The van der Waals surface area contributed by atoms with E-state index in [2.05, 4.69) is 4.98 Å². The molecule has 0 fully saturated rings. The van der Waals surface area contributed by atoms with E-state index in [0.29, 0.717) is 6.20 Å². The second kappa shape index (κ2) is 4.70. The summed E-state index contributed by atoms with van der Waals surface area (Å²) in [6.07, 6.45) is -8.03. The number of carboxylic acid groups (broad SMARTS) is 1. The molecule has 0 unspecified atom stereocenters. The molecule has 1 aromatic heterocycles. The van der Waals surface area contributed by atoms with E-state index in [1.165, 1.54) is 22.6 Å². The number of alkyl halides is 5. The van der Waals surface area contributed by atoms with E-state index in [0.717, 1.165) is 0 Å². The Hall–Kier alpha value is -1.00. The first-order valence-corrected chi connectivity index (χ1v) is 5.01. The molecule has 17 heavy (non-hydrogen) atoms. The van der Waals surface area contributed by atoms with E-state index in [1.807, 2.05) is 0 Å². The molecule has 0 amide bonds. The maximum Gasteiger partial charge on any atom is 0.418 e. The van der Waals surface area contributed by atoms with Crippen molar-refractivity contribution in [3.63, 3.8) is 0 Å². The molecule has 0 bridgehead atoms. The van der Waals surface area contributed by atoms with E-state index in [4.69, 9.17) is 5.11 Å². The fourth-order valence-electron chi connectivity index (χ4n) is 1.17. The van der Waals surface area contributed by atoms with E-state index in [9.17, 15) is 26.7 Å². The van der Waals surface area contributed by atoms with Gasteiger partial charge in [-0.25, -0.2) is 18.6 Å². The van der Waals surface area contributed by atoms with Crippen LogP contribution in [0, 0.1) is 3.57 Å². The fourth-order valence-corrected chi connectivity index (χ4v) is 1.91. The summed E-state index contributed by atoms with van der Waals surface area (Å²) in [4.78, 5) is 13.6. The van der Waals surface area contributed by atoms with Crippen molar-refractivity contribution in [3.8, 4) is 0 Å². The molecule has 0 saturated carbocycles. The largest absolute Gasteiger partial charge is 0.476 e. The Kier molecular flexibility index (Phi) is 3.89. The van der Waals surface area contributed by atoms with Crippen molar-refractivity contribution < 1.29 is 31.9 Å². The van der Waals surface area contributed by atoms with Crippen molar-refractivity contribution in [1.82, 2.24) is 4.98 Å². The number of halogens is 6. The monoisotopic (exact) mass is 367 g/mol. The van der Waals surface area contributed by atoms with E-state index in [1.54, 1.807) is 0 Å². The Bertz CT molecular complexity index is 460. The Labute approximate surface area is 105 Å². The van der Waals surface area contributed by atoms with Gasteiger partial charge in [0, 0.05) is 9.77 Å². The lowest BCUT2D eigenvalue weighted by atomic mass is 10.1. The van der Waals surface area contributed by atoms with Crippen LogP contribution in [0.25, 0.3) is 0 Å². The summed E-state index contributed by atoms with van der Waals surface area (Å²) >= 11 is 1.18. The van der Waals surface area contributed by atoms with Crippen molar-refractivity contribution in [2.45, 2.75) is 12.6 Å². The molecule has 0 aliphatic carbocycles. The molecule has 0 spiro atoms. The average molecular weight is 367 g/mol. The fraction of sp³-hybridized carbons (Fsp3) is 0.250. The van der Waals surface area contributed by atoms with Crippen LogP contribution in [0.3, 0.4) is 0 Å². The summed E-state index contributed by atoms with van der Waals surface area (Å²) in [5.41, 5.74) is -4.54. The van der Waals surface area contributed by atoms with Gasteiger partial charge in [0.15, 0.2) is 5.69 Å². The number of aromatic carboxylic acids is 1. The van der Waals surface area contributed by atoms with Crippen LogP contribution >= 0.6 is 22.6 Å². The Morgan fingerprint density at radius 1 is 1.41 bits per heavy atom. The lowest BCUT2D eigenvalue weighted by molar-refractivity contribution is -0.140. The summed E-state index contributed by atoms with van der Waals surface area (Å²) < 4.78 is 62.2. The summed E-state index contributed by atoms with van der Waals surface area (Å²) in [5.74, 6) is -1.93. The molecule has 0 aromatic carbocycles. The van der Waals surface area contributed by atoms with Gasteiger partial charge in [0.25, 0.3) is 6.43 Å². The highest BCUT2D eigenvalue weighted by molar-refractivity contribution is 14.1. The summed E-state index contributed by atoms with van der Waals surface area (Å²) in [5, 5.41) is 8.53. The predicted octanol–water partition coefficient (Wildman–Crippen LogP) is 3.34. The van der Waals surface area contributed by atoms with Gasteiger partial charge in [0.05, 0.1) is 11.1 Å². The first kappa shape index (κ1) is 14.1. The van der Waals surface area contributed by atoms with Gasteiger partial charge >= 0.3 is 12.1 Å². The normalized spacial score (nSPS) is 11.9. The molecule has 0 radical (unpaired) electrons. The maximum atomic E-state index is 12.6. The molecule has 0 aliphatic heterocycles. The van der Waals surface area contributed by atoms with Crippen LogP contribution in [-0.2, 0) is 6.18 Å². The summed E-state index contributed by atoms with van der Waals surface area (Å²) in [6.45, 7) is 0. The third-order valence-electron chi connectivity index (χ3n) is 1.77. The zero-order valence-corrected chi connectivity index (χ0v) is 9.88. The third kappa shape index (κ3) is 2.82. The average Bonchev–Trinajstić information content (AvgIpc) is 2.14. The number of nitrogens with zero attached hydrogens (tertiary/aromatic N) is 1. The number of pyridine rings is 1. The van der Waals surface area contributed by atoms with Crippen molar-refractivity contribution in [2.75, 3.05) is 0 Å². The number of hydrogen-bond acceptors (Lipinski definition) is 2. The lowest BCUT2D eigenvalue weighted by Gasteiger charge is -2.15. The van der Waals surface area contributed by atoms with Gasteiger partial charge in [-0.05, 0) is 22.6 Å². The van der Waals surface area contributed by atoms with Gasteiger partial charge in [-0.2, -0.15) is 13.2 Å². The molecule has 1 N–H and O–H groups in total. The van der Waals surface area contributed by atoms with E-state index < -0.39 is 39.0 Å². The molecular weight excluding hydrogens is 364 g/mol. The Balaban J connectivity index is 3.67. The van der Waals surface area contributed by atoms with Crippen LogP contribution in [0.1, 0.15) is 28.0 Å². The van der Waals surface area contributed by atoms with Gasteiger partial charge in [0.1, 0.15) is 0 Å². The Morgan fingerprint density at radius 3 is 2.29 bits per heavy atom. The topological polar surface area (TPSA) is 50.2 Å². The second-order valence-corrected chi connectivity index (χ2v) is 4.01. The molecule has 9 heteroatoms. The van der Waals surface area contributed by atoms with Crippen LogP contribution in [0.15, 0.2) is 6.20 Å². The number of hydrogen-bond donors (Lipinski definition) is 1. The van der Waals surface area contributed by atoms with Gasteiger partial charge in [-0.1, -0.05) is 0 Å². The van der Waals surface area contributed by atoms with Gasteiger partial charge < -0.3 is 5.11 Å². The van der Waals surface area contributed by atoms with Crippen LogP contribution in [-0.4, -0.2) is 16.1 Å². The molecule has 1 heterocycles. The van der Waals surface area contributed by atoms with Crippen molar-refractivity contribution >= 4 is 28.6 Å². The molecule has 1 aromatic rings. The molecular formula is C8H3F5INO2. The quantitative estimate of drug-likeness (QED) is 0.645. The zero-order valence-electron chi connectivity index (χ0n) is 7.73. The van der Waals surface area contributed by atoms with Crippen molar-refractivity contribution in [3.05, 3.63) is 26.6 Å². The van der Waals surface area contributed by atoms with Crippen LogP contribution < -0.4 is 0 Å². The second-order valence-electron chi connectivity index (χ2n) is 2.85. The first-order valence-electron chi connectivity index (χ1n) is 3.93. The zero-order chi connectivity index (χ0) is 13.4. The van der Waals surface area contributed by atoms with E-state index >= 15 is 0 Å². The highest BCUT2D eigenvalue weighted by Gasteiger charge is 2.41. The summed E-state index contributed by atoms with van der Waals surface area (Å²) in [7, 11) is 0. The summed E-state index contributed by atoms with van der Waals surface area (Å²) in [6, 6.07) is 0. The molecule has 0 saturated heterocycles. The first-order chi connectivity index (χ1) is 7.66. The minimum atomic E-state index is -5.06. The number of aromatic nitrogens is 1. The molecule has 0 aliphatic rings. The number of carboxylic acids is 1. The number of carbonyl (C=O) groups is 1. The van der Waals surface area contributed by atoms with Crippen molar-refractivity contribution in [1.29, 1.82) is 0 Å². The smallest absolute Gasteiger partial charge is 0.418 e. The molecule has 94 valence electrons. The SMILES string of the molecule is O=C(O)c1ncc(I)c(C(F)(F)F)c1C(F)F. The highest BCUT2D eigenvalue weighted by Crippen LogP contribution is 2.40. The minimum absolute atomic E-state index is 0.574. The highest BCUT2D eigenvalue weighted by atomic mass is 127. The van der Waals surface area contributed by atoms with E-state index in [-0.39, 0.29) is 0 Å². The van der Waals surface area contributed by atoms with Crippen LogP contribution in [0.2, 0.25) is 0 Å².